The van der Waals surface area contributed by atoms with Crippen LogP contribution in [0.4, 0.5) is 0 Å². The third-order valence-electron chi connectivity index (χ3n) is 4.17. The number of aliphatic imine (C=N–C) groups is 1. The third-order valence-corrected chi connectivity index (χ3v) is 5.04. The minimum absolute atomic E-state index is 0.462. The topological polar surface area (TPSA) is 67.8 Å². The van der Waals surface area contributed by atoms with Crippen molar-refractivity contribution in [1.82, 2.24) is 15.6 Å². The van der Waals surface area contributed by atoms with Crippen molar-refractivity contribution in [2.24, 2.45) is 4.99 Å². The van der Waals surface area contributed by atoms with E-state index in [4.69, 9.17) is 9.47 Å². The summed E-state index contributed by atoms with van der Waals surface area (Å²) in [7, 11) is 5.09. The van der Waals surface area contributed by atoms with Gasteiger partial charge in [0, 0.05) is 19.0 Å². The first kappa shape index (κ1) is 21.0. The molecule has 2 rings (SSSR count). The number of guanidine groups is 1. The molecule has 6 nitrogen and oxygen atoms in total. The number of aryl methyl sites for hydroxylation is 1. The molecule has 2 aromatic rings. The standard InChI is InChI=1S/C20H30N4O2S/c1-14(2)16-13-27-19(24-16)12-23-20(21-3)22-10-6-7-15-8-9-17(25-4)18(11-15)26-5/h8-9,11,13-14H,6-7,10,12H2,1-5H3,(H2,21,22,23). The number of ether oxygens (including phenoxy) is 2. The van der Waals surface area contributed by atoms with Crippen molar-refractivity contribution in [3.05, 3.63) is 39.8 Å². The van der Waals surface area contributed by atoms with Crippen molar-refractivity contribution >= 4 is 17.3 Å². The van der Waals surface area contributed by atoms with Crippen LogP contribution < -0.4 is 20.1 Å². The Balaban J connectivity index is 1.74. The third kappa shape index (κ3) is 6.43. The van der Waals surface area contributed by atoms with Crippen molar-refractivity contribution in [2.75, 3.05) is 27.8 Å². The summed E-state index contributed by atoms with van der Waals surface area (Å²) in [6, 6.07) is 6.05. The fourth-order valence-electron chi connectivity index (χ4n) is 2.59. The van der Waals surface area contributed by atoms with Gasteiger partial charge in [-0.3, -0.25) is 4.99 Å². The van der Waals surface area contributed by atoms with Gasteiger partial charge in [-0.15, -0.1) is 11.3 Å². The lowest BCUT2D eigenvalue weighted by Gasteiger charge is -2.12. The number of hydrogen-bond donors (Lipinski definition) is 2. The van der Waals surface area contributed by atoms with Crippen LogP contribution in [0.5, 0.6) is 11.5 Å². The van der Waals surface area contributed by atoms with Crippen molar-refractivity contribution < 1.29 is 9.47 Å². The first-order valence-corrected chi connectivity index (χ1v) is 10.0. The molecule has 0 bridgehead atoms. The number of nitrogens with zero attached hydrogens (tertiary/aromatic N) is 2. The molecule has 7 heteroatoms. The number of rotatable bonds is 9. The Labute approximate surface area is 166 Å². The molecule has 27 heavy (non-hydrogen) atoms. The van der Waals surface area contributed by atoms with Crippen LogP contribution >= 0.6 is 11.3 Å². The highest BCUT2D eigenvalue weighted by Crippen LogP contribution is 2.27. The monoisotopic (exact) mass is 390 g/mol. The SMILES string of the molecule is CN=C(NCCCc1ccc(OC)c(OC)c1)NCc1nc(C(C)C)cs1. The fraction of sp³-hybridized carbons (Fsp3) is 0.500. The predicted octanol–water partition coefficient (Wildman–Crippen LogP) is 3.58. The van der Waals surface area contributed by atoms with E-state index in [1.54, 1.807) is 32.6 Å². The summed E-state index contributed by atoms with van der Waals surface area (Å²) < 4.78 is 10.6. The highest BCUT2D eigenvalue weighted by molar-refractivity contribution is 7.09. The van der Waals surface area contributed by atoms with Gasteiger partial charge >= 0.3 is 0 Å². The zero-order chi connectivity index (χ0) is 19.6. The van der Waals surface area contributed by atoms with Gasteiger partial charge in [-0.1, -0.05) is 19.9 Å². The van der Waals surface area contributed by atoms with E-state index in [1.165, 1.54) is 5.56 Å². The van der Waals surface area contributed by atoms with E-state index in [1.807, 2.05) is 12.1 Å². The van der Waals surface area contributed by atoms with Crippen LogP contribution in [0.3, 0.4) is 0 Å². The largest absolute Gasteiger partial charge is 0.493 e. The fourth-order valence-corrected chi connectivity index (χ4v) is 3.48. The highest BCUT2D eigenvalue weighted by Gasteiger charge is 2.07. The highest BCUT2D eigenvalue weighted by atomic mass is 32.1. The summed E-state index contributed by atoms with van der Waals surface area (Å²) in [5.74, 6) is 2.78. The summed E-state index contributed by atoms with van der Waals surface area (Å²) in [6.45, 7) is 5.84. The van der Waals surface area contributed by atoms with Crippen LogP contribution in [0, 0.1) is 0 Å². The first-order chi connectivity index (χ1) is 13.1. The Morgan fingerprint density at radius 2 is 1.96 bits per heavy atom. The van der Waals surface area contributed by atoms with Crippen LogP contribution in [-0.4, -0.2) is 38.8 Å². The van der Waals surface area contributed by atoms with Crippen molar-refractivity contribution in [3.63, 3.8) is 0 Å². The van der Waals surface area contributed by atoms with Gasteiger partial charge in [0.1, 0.15) is 5.01 Å². The van der Waals surface area contributed by atoms with Crippen LogP contribution in [-0.2, 0) is 13.0 Å². The van der Waals surface area contributed by atoms with Crippen LogP contribution in [0.2, 0.25) is 0 Å². The molecule has 0 atom stereocenters. The van der Waals surface area contributed by atoms with Gasteiger partial charge in [-0.2, -0.15) is 0 Å². The molecule has 0 saturated heterocycles. The molecule has 2 N–H and O–H groups in total. The second-order valence-electron chi connectivity index (χ2n) is 6.47. The number of aromatic nitrogens is 1. The van der Waals surface area contributed by atoms with Gasteiger partial charge in [0.2, 0.25) is 0 Å². The second-order valence-corrected chi connectivity index (χ2v) is 7.41. The van der Waals surface area contributed by atoms with E-state index in [0.29, 0.717) is 12.5 Å². The molecular formula is C20H30N4O2S. The lowest BCUT2D eigenvalue weighted by Crippen LogP contribution is -2.37. The molecule has 0 aliphatic carbocycles. The number of hydrogen-bond acceptors (Lipinski definition) is 5. The molecule has 0 saturated carbocycles. The van der Waals surface area contributed by atoms with Gasteiger partial charge < -0.3 is 20.1 Å². The van der Waals surface area contributed by atoms with Crippen LogP contribution in [0.15, 0.2) is 28.6 Å². The summed E-state index contributed by atoms with van der Waals surface area (Å²) >= 11 is 1.68. The number of thiazole rings is 1. The van der Waals surface area contributed by atoms with Gasteiger partial charge in [-0.25, -0.2) is 4.98 Å². The summed E-state index contributed by atoms with van der Waals surface area (Å²) in [5.41, 5.74) is 2.37. The predicted molar refractivity (Wildman–Crippen MR) is 112 cm³/mol. The molecular weight excluding hydrogens is 360 g/mol. The molecule has 0 amide bonds. The molecule has 1 heterocycles. The van der Waals surface area contributed by atoms with E-state index in [0.717, 1.165) is 47.5 Å². The Hall–Kier alpha value is -2.28. The van der Waals surface area contributed by atoms with Crippen LogP contribution in [0.1, 0.15) is 42.5 Å². The summed E-state index contributed by atoms with van der Waals surface area (Å²) in [5, 5.41) is 9.87. The smallest absolute Gasteiger partial charge is 0.191 e. The van der Waals surface area contributed by atoms with E-state index in [2.05, 4.69) is 45.9 Å². The maximum atomic E-state index is 5.35. The summed E-state index contributed by atoms with van der Waals surface area (Å²) in [4.78, 5) is 8.91. The molecule has 0 aliphatic rings. The van der Waals surface area contributed by atoms with Crippen molar-refractivity contribution in [3.8, 4) is 11.5 Å². The van der Waals surface area contributed by atoms with Gasteiger partial charge in [-0.05, 0) is 36.5 Å². The van der Waals surface area contributed by atoms with Crippen molar-refractivity contribution in [1.29, 1.82) is 0 Å². The molecule has 148 valence electrons. The molecule has 1 aromatic carbocycles. The Bertz CT molecular complexity index is 743. The molecule has 1 aromatic heterocycles. The maximum absolute atomic E-state index is 5.35. The lowest BCUT2D eigenvalue weighted by molar-refractivity contribution is 0.354. The van der Waals surface area contributed by atoms with Gasteiger partial charge in [0.15, 0.2) is 17.5 Å². The number of methoxy groups -OCH3 is 2. The average Bonchev–Trinajstić information content (AvgIpc) is 3.16. The minimum Gasteiger partial charge on any atom is -0.493 e. The molecule has 0 spiro atoms. The molecule has 0 fully saturated rings. The van der Waals surface area contributed by atoms with Gasteiger partial charge in [0.25, 0.3) is 0 Å². The lowest BCUT2D eigenvalue weighted by atomic mass is 10.1. The maximum Gasteiger partial charge on any atom is 0.191 e. The second kappa shape index (κ2) is 10.8. The van der Waals surface area contributed by atoms with E-state index in [-0.39, 0.29) is 0 Å². The minimum atomic E-state index is 0.462. The zero-order valence-corrected chi connectivity index (χ0v) is 17.7. The normalized spacial score (nSPS) is 11.6. The van der Waals surface area contributed by atoms with E-state index < -0.39 is 0 Å². The Morgan fingerprint density at radius 1 is 1.19 bits per heavy atom. The summed E-state index contributed by atoms with van der Waals surface area (Å²) in [6.07, 6.45) is 1.94. The molecule has 0 aliphatic heterocycles. The van der Waals surface area contributed by atoms with E-state index >= 15 is 0 Å². The number of benzene rings is 1. The Kier molecular flexibility index (Phi) is 8.39. The quantitative estimate of drug-likeness (QED) is 0.389. The van der Waals surface area contributed by atoms with Crippen LogP contribution in [0.25, 0.3) is 0 Å². The van der Waals surface area contributed by atoms with Gasteiger partial charge in [0.05, 0.1) is 26.5 Å². The average molecular weight is 391 g/mol. The Morgan fingerprint density at radius 3 is 2.59 bits per heavy atom. The number of nitrogens with one attached hydrogen (secondary N) is 2. The first-order valence-electron chi connectivity index (χ1n) is 9.17. The van der Waals surface area contributed by atoms with E-state index in [9.17, 15) is 0 Å². The molecule has 0 unspecified atom stereocenters. The zero-order valence-electron chi connectivity index (χ0n) is 16.8. The van der Waals surface area contributed by atoms with Crippen molar-refractivity contribution in [2.45, 2.75) is 39.2 Å². The molecule has 0 radical (unpaired) electrons.